The molecule has 0 aromatic heterocycles. The minimum Gasteiger partial charge on any atom is -0.270 e. The van der Waals surface area contributed by atoms with Gasteiger partial charge in [0.05, 0.1) is 12.9 Å². The van der Waals surface area contributed by atoms with E-state index in [1.54, 1.807) is 0 Å². The maximum absolute atomic E-state index is 13.3. The molecule has 0 N–H and O–H groups in total. The number of halogens is 1. The van der Waals surface area contributed by atoms with Crippen LogP contribution in [-0.2, 0) is 14.3 Å². The molecule has 0 saturated carbocycles. The van der Waals surface area contributed by atoms with Gasteiger partial charge in [-0.05, 0) is 6.42 Å². The van der Waals surface area contributed by atoms with E-state index in [9.17, 15) is 12.8 Å². The van der Waals surface area contributed by atoms with Crippen LogP contribution in [0.5, 0.6) is 0 Å². The molecule has 0 amide bonds. The van der Waals surface area contributed by atoms with Gasteiger partial charge in [-0.2, -0.15) is 8.42 Å². The zero-order valence-electron chi connectivity index (χ0n) is 11.7. The molecular formula is C13H27FO3S. The van der Waals surface area contributed by atoms with E-state index in [-0.39, 0.29) is 13.0 Å². The SMILES string of the molecule is CCCCCCCCCC(F)CCOS(C)(=O)=O. The van der Waals surface area contributed by atoms with Gasteiger partial charge in [0.15, 0.2) is 0 Å². The highest BCUT2D eigenvalue weighted by atomic mass is 32.2. The van der Waals surface area contributed by atoms with Crippen LogP contribution in [0, 0.1) is 0 Å². The monoisotopic (exact) mass is 282 g/mol. The molecule has 1 unspecified atom stereocenters. The summed E-state index contributed by atoms with van der Waals surface area (Å²) in [6.07, 6.45) is 8.89. The molecule has 3 nitrogen and oxygen atoms in total. The average molecular weight is 282 g/mol. The molecule has 0 rings (SSSR count). The lowest BCUT2D eigenvalue weighted by Gasteiger charge is -2.07. The van der Waals surface area contributed by atoms with Crippen LogP contribution in [0.4, 0.5) is 4.39 Å². The number of alkyl halides is 1. The van der Waals surface area contributed by atoms with Gasteiger partial charge in [-0.25, -0.2) is 4.39 Å². The van der Waals surface area contributed by atoms with Gasteiger partial charge in [0.2, 0.25) is 0 Å². The molecule has 0 radical (unpaired) electrons. The third-order valence-corrected chi connectivity index (χ3v) is 3.44. The minimum absolute atomic E-state index is 0.0451. The van der Waals surface area contributed by atoms with Crippen molar-refractivity contribution in [1.82, 2.24) is 0 Å². The third kappa shape index (κ3) is 13.9. The van der Waals surface area contributed by atoms with Crippen molar-refractivity contribution in [2.45, 2.75) is 70.9 Å². The Labute approximate surface area is 111 Å². The number of hydrogen-bond donors (Lipinski definition) is 0. The molecule has 0 aliphatic heterocycles. The Hall–Kier alpha value is -0.160. The highest BCUT2D eigenvalue weighted by Gasteiger charge is 2.08. The van der Waals surface area contributed by atoms with Crippen molar-refractivity contribution in [1.29, 1.82) is 0 Å². The van der Waals surface area contributed by atoms with Gasteiger partial charge in [0.25, 0.3) is 10.1 Å². The molecule has 0 heterocycles. The van der Waals surface area contributed by atoms with Gasteiger partial charge in [-0.3, -0.25) is 4.18 Å². The fraction of sp³-hybridized carbons (Fsp3) is 1.00. The van der Waals surface area contributed by atoms with E-state index < -0.39 is 16.3 Å². The Balaban J connectivity index is 3.29. The minimum atomic E-state index is -3.42. The van der Waals surface area contributed by atoms with Crippen LogP contribution in [-0.4, -0.2) is 27.5 Å². The first-order chi connectivity index (χ1) is 8.45. The van der Waals surface area contributed by atoms with Crippen molar-refractivity contribution in [2.75, 3.05) is 12.9 Å². The van der Waals surface area contributed by atoms with Crippen LogP contribution in [0.1, 0.15) is 64.7 Å². The van der Waals surface area contributed by atoms with E-state index in [4.69, 9.17) is 0 Å². The largest absolute Gasteiger partial charge is 0.270 e. The van der Waals surface area contributed by atoms with Crippen LogP contribution < -0.4 is 0 Å². The molecule has 0 aromatic rings. The van der Waals surface area contributed by atoms with Gasteiger partial charge < -0.3 is 0 Å². The van der Waals surface area contributed by atoms with Gasteiger partial charge >= 0.3 is 0 Å². The van der Waals surface area contributed by atoms with Crippen molar-refractivity contribution >= 4 is 10.1 Å². The second-order valence-corrected chi connectivity index (χ2v) is 6.47. The normalized spacial score (nSPS) is 13.7. The highest BCUT2D eigenvalue weighted by Crippen LogP contribution is 2.13. The highest BCUT2D eigenvalue weighted by molar-refractivity contribution is 7.85. The summed E-state index contributed by atoms with van der Waals surface area (Å²) < 4.78 is 39.1. The molecule has 0 spiro atoms. The molecule has 1 atom stereocenters. The maximum Gasteiger partial charge on any atom is 0.264 e. The summed E-state index contributed by atoms with van der Waals surface area (Å²) in [5.41, 5.74) is 0. The standard InChI is InChI=1S/C13H27FO3S/c1-3-4-5-6-7-8-9-10-13(14)11-12-17-18(2,15)16/h13H,3-12H2,1-2H3. The summed E-state index contributed by atoms with van der Waals surface area (Å²) in [6.45, 7) is 2.14. The molecule has 18 heavy (non-hydrogen) atoms. The molecule has 0 aromatic carbocycles. The average Bonchev–Trinajstić information content (AvgIpc) is 2.26. The van der Waals surface area contributed by atoms with Gasteiger partial charge in [0, 0.05) is 6.42 Å². The lowest BCUT2D eigenvalue weighted by Crippen LogP contribution is -2.09. The molecule has 110 valence electrons. The zero-order valence-corrected chi connectivity index (χ0v) is 12.5. The number of hydrogen-bond acceptors (Lipinski definition) is 3. The molecule has 0 saturated heterocycles. The molecule has 0 aliphatic carbocycles. The Morgan fingerprint density at radius 2 is 1.56 bits per heavy atom. The lowest BCUT2D eigenvalue weighted by atomic mass is 10.1. The van der Waals surface area contributed by atoms with Crippen LogP contribution in [0.15, 0.2) is 0 Å². The summed E-state index contributed by atoms with van der Waals surface area (Å²) >= 11 is 0. The van der Waals surface area contributed by atoms with E-state index in [1.807, 2.05) is 0 Å². The second-order valence-electron chi connectivity index (χ2n) is 4.82. The van der Waals surface area contributed by atoms with Crippen LogP contribution >= 0.6 is 0 Å². The van der Waals surface area contributed by atoms with E-state index >= 15 is 0 Å². The van der Waals surface area contributed by atoms with Crippen LogP contribution in [0.2, 0.25) is 0 Å². The van der Waals surface area contributed by atoms with Crippen molar-refractivity contribution in [3.05, 3.63) is 0 Å². The quantitative estimate of drug-likeness (QED) is 0.403. The van der Waals surface area contributed by atoms with Gasteiger partial charge in [-0.1, -0.05) is 51.9 Å². The maximum atomic E-state index is 13.3. The van der Waals surface area contributed by atoms with Crippen molar-refractivity contribution in [2.24, 2.45) is 0 Å². The fourth-order valence-corrected chi connectivity index (χ4v) is 2.19. The lowest BCUT2D eigenvalue weighted by molar-refractivity contribution is 0.227. The van der Waals surface area contributed by atoms with Gasteiger partial charge in [-0.15, -0.1) is 0 Å². The molecule has 5 heteroatoms. The van der Waals surface area contributed by atoms with Crippen molar-refractivity contribution < 1.29 is 17.0 Å². The first-order valence-electron chi connectivity index (χ1n) is 6.94. The zero-order chi connectivity index (χ0) is 13.9. The van der Waals surface area contributed by atoms with E-state index in [2.05, 4.69) is 11.1 Å². The first-order valence-corrected chi connectivity index (χ1v) is 8.76. The second kappa shape index (κ2) is 10.7. The summed E-state index contributed by atoms with van der Waals surface area (Å²) in [4.78, 5) is 0. The first kappa shape index (κ1) is 17.8. The van der Waals surface area contributed by atoms with Gasteiger partial charge in [0.1, 0.15) is 6.17 Å². The summed E-state index contributed by atoms with van der Waals surface area (Å²) in [5, 5.41) is 0. The Bertz CT molecular complexity index is 278. The number of rotatable bonds is 12. The van der Waals surface area contributed by atoms with Crippen LogP contribution in [0.3, 0.4) is 0 Å². The van der Waals surface area contributed by atoms with Crippen molar-refractivity contribution in [3.63, 3.8) is 0 Å². The molecule has 0 bridgehead atoms. The van der Waals surface area contributed by atoms with E-state index in [1.165, 1.54) is 32.1 Å². The summed E-state index contributed by atoms with van der Waals surface area (Å²) in [7, 11) is -3.42. The smallest absolute Gasteiger partial charge is 0.264 e. The predicted octanol–water partition coefficient (Wildman–Crippen LogP) is 3.83. The predicted molar refractivity (Wildman–Crippen MR) is 72.9 cm³/mol. The molecule has 0 aliphatic rings. The number of unbranched alkanes of at least 4 members (excludes halogenated alkanes) is 6. The Morgan fingerprint density at radius 3 is 2.11 bits per heavy atom. The third-order valence-electron chi connectivity index (χ3n) is 2.85. The Kier molecular flexibility index (Phi) is 10.6. The topological polar surface area (TPSA) is 43.4 Å². The molecular weight excluding hydrogens is 255 g/mol. The fourth-order valence-electron chi connectivity index (χ4n) is 1.79. The van der Waals surface area contributed by atoms with Crippen LogP contribution in [0.25, 0.3) is 0 Å². The molecule has 0 fully saturated rings. The summed E-state index contributed by atoms with van der Waals surface area (Å²) in [5.74, 6) is 0. The van der Waals surface area contributed by atoms with E-state index in [0.717, 1.165) is 19.1 Å². The Morgan fingerprint density at radius 1 is 1.00 bits per heavy atom. The van der Waals surface area contributed by atoms with Crippen molar-refractivity contribution in [3.8, 4) is 0 Å². The van der Waals surface area contributed by atoms with E-state index in [0.29, 0.717) is 6.42 Å². The summed E-state index contributed by atoms with van der Waals surface area (Å²) in [6, 6.07) is 0.